The molecule has 0 saturated carbocycles. The molecule has 5 nitrogen and oxygen atoms in total. The molecule has 0 spiro atoms. The molecule has 0 bridgehead atoms. The highest BCUT2D eigenvalue weighted by Gasteiger charge is 2.36. The summed E-state index contributed by atoms with van der Waals surface area (Å²) < 4.78 is 0. The summed E-state index contributed by atoms with van der Waals surface area (Å²) in [6, 6.07) is 7.20. The molecular weight excluding hydrogens is 280 g/mol. The van der Waals surface area contributed by atoms with Crippen LogP contribution in [-0.4, -0.2) is 32.9 Å². The summed E-state index contributed by atoms with van der Waals surface area (Å²) in [6.07, 6.45) is 1.69. The lowest BCUT2D eigenvalue weighted by molar-refractivity contribution is 0.0673. The fourth-order valence-electron chi connectivity index (χ4n) is 3.23. The average Bonchev–Trinajstić information content (AvgIpc) is 2.83. The lowest BCUT2D eigenvalue weighted by Gasteiger charge is -2.25. The molecule has 1 aromatic heterocycles. The molecule has 3 rings (SSSR count). The lowest BCUT2D eigenvalue weighted by atomic mass is 10.0. The Balaban J connectivity index is 2.22. The molecule has 0 saturated heterocycles. The number of pyridine rings is 1. The van der Waals surface area contributed by atoms with Crippen molar-refractivity contribution < 1.29 is 14.7 Å². The van der Waals surface area contributed by atoms with E-state index in [2.05, 4.69) is 4.98 Å². The van der Waals surface area contributed by atoms with Crippen molar-refractivity contribution in [1.29, 1.82) is 0 Å². The number of carboxylic acids is 1. The third-order valence-electron chi connectivity index (χ3n) is 4.38. The largest absolute Gasteiger partial charge is 0.478 e. The summed E-state index contributed by atoms with van der Waals surface area (Å²) in [7, 11) is 0. The first-order chi connectivity index (χ1) is 10.6. The van der Waals surface area contributed by atoms with Crippen LogP contribution >= 0.6 is 0 Å². The van der Waals surface area contributed by atoms with E-state index >= 15 is 0 Å². The van der Waals surface area contributed by atoms with Crippen LogP contribution in [0.3, 0.4) is 0 Å². The summed E-state index contributed by atoms with van der Waals surface area (Å²) in [5.41, 5.74) is 1.60. The topological polar surface area (TPSA) is 70.5 Å². The number of nitrogens with zero attached hydrogens (tertiary/aromatic N) is 2. The number of hydrogen-bond acceptors (Lipinski definition) is 3. The lowest BCUT2D eigenvalue weighted by Crippen LogP contribution is -2.34. The number of carbonyl (C=O) groups is 2. The zero-order valence-corrected chi connectivity index (χ0v) is 12.7. The molecule has 1 aliphatic heterocycles. The van der Waals surface area contributed by atoms with Crippen molar-refractivity contribution in [2.45, 2.75) is 39.3 Å². The van der Waals surface area contributed by atoms with Crippen molar-refractivity contribution in [1.82, 2.24) is 9.88 Å². The minimum absolute atomic E-state index is 0.117. The van der Waals surface area contributed by atoms with Gasteiger partial charge in [0, 0.05) is 23.5 Å². The maximum atomic E-state index is 12.6. The van der Waals surface area contributed by atoms with Crippen molar-refractivity contribution in [3.63, 3.8) is 0 Å². The monoisotopic (exact) mass is 298 g/mol. The van der Waals surface area contributed by atoms with Gasteiger partial charge in [0.15, 0.2) is 0 Å². The second-order valence-corrected chi connectivity index (χ2v) is 5.54. The van der Waals surface area contributed by atoms with Crippen LogP contribution in [0, 0.1) is 0 Å². The van der Waals surface area contributed by atoms with E-state index in [1.807, 2.05) is 13.8 Å². The predicted molar refractivity (Wildman–Crippen MR) is 82.9 cm³/mol. The van der Waals surface area contributed by atoms with E-state index in [1.165, 1.54) is 0 Å². The summed E-state index contributed by atoms with van der Waals surface area (Å²) in [5.74, 6) is -1.16. The first-order valence-electron chi connectivity index (χ1n) is 7.54. The molecule has 1 amide bonds. The number of hydrogen-bond donors (Lipinski definition) is 1. The Labute approximate surface area is 128 Å². The summed E-state index contributed by atoms with van der Waals surface area (Å²) in [4.78, 5) is 30.6. The highest BCUT2D eigenvalue weighted by atomic mass is 16.4. The van der Waals surface area contributed by atoms with Crippen LogP contribution in [0.1, 0.15) is 53.1 Å². The Hall–Kier alpha value is -2.43. The summed E-state index contributed by atoms with van der Waals surface area (Å²) >= 11 is 0. The zero-order valence-electron chi connectivity index (χ0n) is 12.7. The fraction of sp³-hybridized carbons (Fsp3) is 0.353. The van der Waals surface area contributed by atoms with Crippen LogP contribution in [0.25, 0.3) is 10.9 Å². The normalized spacial score (nSPS) is 14.0. The number of benzene rings is 1. The third-order valence-corrected chi connectivity index (χ3v) is 4.38. The van der Waals surface area contributed by atoms with E-state index in [4.69, 9.17) is 0 Å². The van der Waals surface area contributed by atoms with Gasteiger partial charge in [-0.25, -0.2) is 9.78 Å². The van der Waals surface area contributed by atoms with E-state index in [0.717, 1.165) is 12.8 Å². The minimum Gasteiger partial charge on any atom is -0.478 e. The molecule has 2 aromatic rings. The number of fused-ring (bicyclic) bond motifs is 2. The van der Waals surface area contributed by atoms with Crippen molar-refractivity contribution in [2.24, 2.45) is 0 Å². The zero-order chi connectivity index (χ0) is 15.9. The molecule has 0 atom stereocenters. The SMILES string of the molecule is CCC(CC)N1Cc2c(nc3ccccc3c2C(=O)O)C1=O. The van der Waals surface area contributed by atoms with Crippen molar-refractivity contribution in [3.05, 3.63) is 41.1 Å². The molecule has 0 aliphatic carbocycles. The molecule has 0 unspecified atom stereocenters. The van der Waals surface area contributed by atoms with Crippen molar-refractivity contribution in [2.75, 3.05) is 0 Å². The van der Waals surface area contributed by atoms with E-state index in [-0.39, 0.29) is 17.5 Å². The maximum absolute atomic E-state index is 12.6. The third kappa shape index (κ3) is 2.04. The van der Waals surface area contributed by atoms with Gasteiger partial charge in [0.25, 0.3) is 5.91 Å². The van der Waals surface area contributed by atoms with Gasteiger partial charge >= 0.3 is 5.97 Å². The number of aromatic nitrogens is 1. The van der Waals surface area contributed by atoms with E-state index < -0.39 is 5.97 Å². The molecule has 1 aromatic carbocycles. The van der Waals surface area contributed by atoms with Gasteiger partial charge in [-0.05, 0) is 18.9 Å². The molecule has 0 fully saturated rings. The molecule has 0 radical (unpaired) electrons. The maximum Gasteiger partial charge on any atom is 0.336 e. The Kier molecular flexibility index (Phi) is 3.56. The van der Waals surface area contributed by atoms with Gasteiger partial charge in [-0.3, -0.25) is 4.79 Å². The van der Waals surface area contributed by atoms with Crippen LogP contribution < -0.4 is 0 Å². The van der Waals surface area contributed by atoms with Crippen LogP contribution in [0.15, 0.2) is 24.3 Å². The van der Waals surface area contributed by atoms with Gasteiger partial charge in [0.1, 0.15) is 5.69 Å². The first kappa shape index (κ1) is 14.5. The standard InChI is InChI=1S/C17H18N2O3/c1-3-10(4-2)19-9-12-14(17(21)22)11-7-5-6-8-13(11)18-15(12)16(19)20/h5-8,10H,3-4,9H2,1-2H3,(H,21,22). The quantitative estimate of drug-likeness (QED) is 0.941. The Morgan fingerprint density at radius 1 is 1.32 bits per heavy atom. The number of para-hydroxylation sites is 1. The molecule has 1 N–H and O–H groups in total. The first-order valence-corrected chi connectivity index (χ1v) is 7.54. The van der Waals surface area contributed by atoms with Crippen LogP contribution in [0.4, 0.5) is 0 Å². The predicted octanol–water partition coefficient (Wildman–Crippen LogP) is 3.08. The summed E-state index contributed by atoms with van der Waals surface area (Å²) in [5, 5.41) is 10.2. The number of aromatic carboxylic acids is 1. The molecule has 1 aliphatic rings. The Morgan fingerprint density at radius 3 is 2.64 bits per heavy atom. The van der Waals surface area contributed by atoms with Gasteiger partial charge in [-0.1, -0.05) is 32.0 Å². The number of amides is 1. The highest BCUT2D eigenvalue weighted by molar-refractivity contribution is 6.09. The Bertz CT molecular complexity index is 766. The minimum atomic E-state index is -1.01. The molecule has 2 heterocycles. The Morgan fingerprint density at radius 2 is 2.00 bits per heavy atom. The van der Waals surface area contributed by atoms with Gasteiger partial charge in [0.2, 0.25) is 0 Å². The highest BCUT2D eigenvalue weighted by Crippen LogP contribution is 2.32. The molecule has 22 heavy (non-hydrogen) atoms. The molecule has 114 valence electrons. The fourth-order valence-corrected chi connectivity index (χ4v) is 3.23. The number of carbonyl (C=O) groups excluding carboxylic acids is 1. The van der Waals surface area contributed by atoms with Gasteiger partial charge in [0.05, 0.1) is 11.1 Å². The summed E-state index contributed by atoms with van der Waals surface area (Å²) in [6.45, 7) is 4.40. The van der Waals surface area contributed by atoms with E-state index in [0.29, 0.717) is 28.7 Å². The number of carboxylic acid groups (broad SMARTS) is 1. The molecule has 5 heteroatoms. The second kappa shape index (κ2) is 5.40. The number of rotatable bonds is 4. The van der Waals surface area contributed by atoms with E-state index in [9.17, 15) is 14.7 Å². The van der Waals surface area contributed by atoms with Crippen molar-refractivity contribution in [3.8, 4) is 0 Å². The van der Waals surface area contributed by atoms with Gasteiger partial charge < -0.3 is 10.0 Å². The van der Waals surface area contributed by atoms with Gasteiger partial charge in [-0.2, -0.15) is 0 Å². The van der Waals surface area contributed by atoms with Crippen molar-refractivity contribution >= 4 is 22.8 Å². The van der Waals surface area contributed by atoms with E-state index in [1.54, 1.807) is 29.2 Å². The second-order valence-electron chi connectivity index (χ2n) is 5.54. The van der Waals surface area contributed by atoms with Crippen LogP contribution in [-0.2, 0) is 6.54 Å². The molecular formula is C17H18N2O3. The van der Waals surface area contributed by atoms with Crippen LogP contribution in [0.2, 0.25) is 0 Å². The van der Waals surface area contributed by atoms with Crippen LogP contribution in [0.5, 0.6) is 0 Å². The smallest absolute Gasteiger partial charge is 0.336 e. The van der Waals surface area contributed by atoms with Gasteiger partial charge in [-0.15, -0.1) is 0 Å². The average molecular weight is 298 g/mol.